The summed E-state index contributed by atoms with van der Waals surface area (Å²) in [7, 11) is 1.81. The normalized spacial score (nSPS) is 10.2. The lowest BCUT2D eigenvalue weighted by atomic mass is 10.3. The molecule has 0 saturated heterocycles. The number of hydrogen-bond acceptors (Lipinski definition) is 4. The number of esters is 1. The van der Waals surface area contributed by atoms with E-state index < -0.39 is 0 Å². The van der Waals surface area contributed by atoms with Gasteiger partial charge in [-0.05, 0) is 6.42 Å². The number of aromatic nitrogens is 2. The predicted molar refractivity (Wildman–Crippen MR) is 56.0 cm³/mol. The maximum Gasteiger partial charge on any atom is 0.308 e. The summed E-state index contributed by atoms with van der Waals surface area (Å²) < 4.78 is 8.47. The van der Waals surface area contributed by atoms with Crippen molar-refractivity contribution >= 4 is 12.2 Å². The minimum absolute atomic E-state index is 0. The molecule has 0 spiro atoms. The van der Waals surface area contributed by atoms with Crippen molar-refractivity contribution in [2.45, 2.75) is 26.5 Å². The van der Waals surface area contributed by atoms with Gasteiger partial charge in [0, 0.05) is 6.42 Å². The van der Waals surface area contributed by atoms with Crippen LogP contribution in [0.2, 0.25) is 0 Å². The molecule has 7 heteroatoms. The Bertz CT molecular complexity index is 390. The van der Waals surface area contributed by atoms with Gasteiger partial charge in [-0.2, -0.15) is 4.57 Å². The molecule has 1 N–H and O–H groups in total. The second kappa shape index (κ2) is 7.67. The number of imidazole rings is 1. The Morgan fingerprint density at radius 1 is 1.71 bits per heavy atom. The van der Waals surface area contributed by atoms with Crippen LogP contribution in [0.3, 0.4) is 0 Å². The smallest absolute Gasteiger partial charge is 0.308 e. The molecule has 0 aromatic carbocycles. The molecule has 1 rings (SSSR count). The first-order chi connectivity index (χ1) is 7.69. The Kier molecular flexibility index (Phi) is 6.97. The number of oxime groups is 1. The molecule has 0 radical (unpaired) electrons. The third-order valence-corrected chi connectivity index (χ3v) is 2.12. The standard InChI is InChI=1S/C10H15N3O3.ClH/c1-3-4-10(14)16-8-13-6-5-12(2)9(13)7-11-15;/h5-7H,3-4,8H2,1-2H3;1H. The molecule has 0 aliphatic carbocycles. The van der Waals surface area contributed by atoms with Crippen LogP contribution in [0.4, 0.5) is 0 Å². The third-order valence-electron chi connectivity index (χ3n) is 2.12. The zero-order chi connectivity index (χ0) is 12.0. The first-order valence-corrected chi connectivity index (χ1v) is 5.06. The molecule has 0 aliphatic heterocycles. The van der Waals surface area contributed by atoms with Gasteiger partial charge in [-0.3, -0.25) is 4.79 Å². The highest BCUT2D eigenvalue weighted by Gasteiger charge is 2.13. The number of carbonyl (C=O) groups excluding carboxylic acids is 1. The number of hydrogen-bond donors (Lipinski definition) is 1. The van der Waals surface area contributed by atoms with Crippen LogP contribution in [0.25, 0.3) is 0 Å². The van der Waals surface area contributed by atoms with E-state index in [2.05, 4.69) is 5.16 Å². The topological polar surface area (TPSA) is 67.7 Å². The molecule has 0 amide bonds. The second-order valence-corrected chi connectivity index (χ2v) is 3.38. The number of rotatable bonds is 5. The van der Waals surface area contributed by atoms with Crippen molar-refractivity contribution in [3.63, 3.8) is 0 Å². The maximum absolute atomic E-state index is 11.2. The van der Waals surface area contributed by atoms with Crippen LogP contribution in [-0.2, 0) is 23.3 Å². The minimum atomic E-state index is -0.231. The molecule has 1 heterocycles. The maximum atomic E-state index is 11.2. The monoisotopic (exact) mass is 261 g/mol. The predicted octanol–water partition coefficient (Wildman–Crippen LogP) is -2.57. The van der Waals surface area contributed by atoms with Crippen LogP contribution >= 0.6 is 0 Å². The Hall–Kier alpha value is -1.56. The Morgan fingerprint density at radius 3 is 3.00 bits per heavy atom. The number of ether oxygens (including phenoxy) is 1. The molecule has 0 bridgehead atoms. The molecular formula is C10H16ClN3O3. The Balaban J connectivity index is 0.00000256. The van der Waals surface area contributed by atoms with Gasteiger partial charge in [0.2, 0.25) is 6.73 Å². The average molecular weight is 262 g/mol. The fourth-order valence-electron chi connectivity index (χ4n) is 1.28. The number of carbonyl (C=O) groups is 1. The minimum Gasteiger partial charge on any atom is -1.00 e. The van der Waals surface area contributed by atoms with Gasteiger partial charge in [0.25, 0.3) is 0 Å². The molecule has 0 atom stereocenters. The van der Waals surface area contributed by atoms with Gasteiger partial charge in [0.05, 0.1) is 7.05 Å². The molecule has 0 aliphatic rings. The van der Waals surface area contributed by atoms with Crippen LogP contribution in [0.5, 0.6) is 0 Å². The highest BCUT2D eigenvalue weighted by molar-refractivity contribution is 5.72. The van der Waals surface area contributed by atoms with Gasteiger partial charge in [-0.25, -0.2) is 4.57 Å². The van der Waals surface area contributed by atoms with Gasteiger partial charge in [0.15, 0.2) is 6.21 Å². The van der Waals surface area contributed by atoms with Crippen LogP contribution in [0.15, 0.2) is 17.5 Å². The van der Waals surface area contributed by atoms with Crippen LogP contribution in [-0.4, -0.2) is 22.0 Å². The quantitative estimate of drug-likeness (QED) is 0.208. The SMILES string of the molecule is CCCC(=O)OCn1cc[n+](C)c1/C=N/O.[Cl-]. The van der Waals surface area contributed by atoms with E-state index in [1.54, 1.807) is 28.6 Å². The van der Waals surface area contributed by atoms with E-state index in [1.165, 1.54) is 6.21 Å². The van der Waals surface area contributed by atoms with E-state index in [1.807, 2.05) is 6.92 Å². The van der Waals surface area contributed by atoms with E-state index in [9.17, 15) is 4.79 Å². The Labute approximate surface area is 106 Å². The largest absolute Gasteiger partial charge is 1.00 e. The number of nitrogens with zero attached hydrogens (tertiary/aromatic N) is 3. The molecule has 1 aromatic rings. The van der Waals surface area contributed by atoms with Crippen LogP contribution in [0.1, 0.15) is 25.6 Å². The highest BCUT2D eigenvalue weighted by Crippen LogP contribution is 1.97. The lowest BCUT2D eigenvalue weighted by molar-refractivity contribution is -0.672. The van der Waals surface area contributed by atoms with Gasteiger partial charge in [0.1, 0.15) is 12.4 Å². The summed E-state index contributed by atoms with van der Waals surface area (Å²) in [6.45, 7) is 2.04. The van der Waals surface area contributed by atoms with E-state index >= 15 is 0 Å². The first kappa shape index (κ1) is 15.4. The van der Waals surface area contributed by atoms with Gasteiger partial charge in [-0.15, -0.1) is 0 Å². The van der Waals surface area contributed by atoms with Crippen LogP contribution < -0.4 is 17.0 Å². The molecule has 96 valence electrons. The van der Waals surface area contributed by atoms with E-state index in [4.69, 9.17) is 9.94 Å². The summed E-state index contributed by atoms with van der Waals surface area (Å²) in [6.07, 6.45) is 5.99. The fraction of sp³-hybridized carbons (Fsp3) is 0.500. The summed E-state index contributed by atoms with van der Waals surface area (Å²) >= 11 is 0. The van der Waals surface area contributed by atoms with Crippen molar-refractivity contribution in [2.24, 2.45) is 12.2 Å². The zero-order valence-corrected chi connectivity index (χ0v) is 10.6. The van der Waals surface area contributed by atoms with E-state index in [0.29, 0.717) is 12.2 Å². The molecule has 0 fully saturated rings. The molecular weight excluding hydrogens is 246 g/mol. The van der Waals surface area contributed by atoms with Crippen molar-refractivity contribution in [2.75, 3.05) is 0 Å². The van der Waals surface area contributed by atoms with Crippen LogP contribution in [0, 0.1) is 0 Å². The second-order valence-electron chi connectivity index (χ2n) is 3.38. The van der Waals surface area contributed by atoms with E-state index in [0.717, 1.165) is 6.42 Å². The summed E-state index contributed by atoms with van der Waals surface area (Å²) in [5, 5.41) is 11.4. The van der Waals surface area contributed by atoms with Crippen molar-refractivity contribution < 1.29 is 31.7 Å². The highest BCUT2D eigenvalue weighted by atomic mass is 35.5. The third kappa shape index (κ3) is 4.44. The Morgan fingerprint density at radius 2 is 2.41 bits per heavy atom. The summed E-state index contributed by atoms with van der Waals surface area (Å²) in [4.78, 5) is 11.2. The molecule has 6 nitrogen and oxygen atoms in total. The number of halogens is 1. The summed E-state index contributed by atoms with van der Waals surface area (Å²) in [5.41, 5.74) is 0. The molecule has 0 saturated carbocycles. The lowest BCUT2D eigenvalue weighted by Crippen LogP contribution is -3.00. The van der Waals surface area contributed by atoms with E-state index in [-0.39, 0.29) is 25.1 Å². The lowest BCUT2D eigenvalue weighted by Gasteiger charge is -2.01. The van der Waals surface area contributed by atoms with Crippen molar-refractivity contribution in [1.82, 2.24) is 4.57 Å². The fourth-order valence-corrected chi connectivity index (χ4v) is 1.28. The number of aryl methyl sites for hydroxylation is 1. The summed E-state index contributed by atoms with van der Waals surface area (Å²) in [5.74, 6) is 0.414. The molecule has 0 unspecified atom stereocenters. The summed E-state index contributed by atoms with van der Waals surface area (Å²) in [6, 6.07) is 0. The van der Waals surface area contributed by atoms with Crippen molar-refractivity contribution in [3.8, 4) is 0 Å². The van der Waals surface area contributed by atoms with Gasteiger partial charge >= 0.3 is 11.8 Å². The molecule has 17 heavy (non-hydrogen) atoms. The van der Waals surface area contributed by atoms with Crippen molar-refractivity contribution in [3.05, 3.63) is 18.2 Å². The van der Waals surface area contributed by atoms with Gasteiger partial charge < -0.3 is 22.4 Å². The molecule has 1 aromatic heterocycles. The van der Waals surface area contributed by atoms with Gasteiger partial charge in [-0.1, -0.05) is 12.1 Å². The first-order valence-electron chi connectivity index (χ1n) is 5.06. The average Bonchev–Trinajstić information content (AvgIpc) is 2.59. The van der Waals surface area contributed by atoms with Crippen molar-refractivity contribution in [1.29, 1.82) is 0 Å². The zero-order valence-electron chi connectivity index (χ0n) is 9.84.